The number of halogens is 1. The van der Waals surface area contributed by atoms with Crippen LogP contribution in [0.3, 0.4) is 0 Å². The Bertz CT molecular complexity index is 947. The van der Waals surface area contributed by atoms with Crippen LogP contribution in [0, 0.1) is 0 Å². The molecular formula is C19H21ClN4O3S. The first-order valence-electron chi connectivity index (χ1n) is 8.97. The van der Waals surface area contributed by atoms with Crippen molar-refractivity contribution >= 4 is 35.2 Å². The van der Waals surface area contributed by atoms with Crippen molar-refractivity contribution in [3.8, 4) is 0 Å². The molecule has 0 saturated heterocycles. The van der Waals surface area contributed by atoms with Crippen molar-refractivity contribution in [3.63, 3.8) is 0 Å². The number of hydrogen-bond acceptors (Lipinski definition) is 5. The van der Waals surface area contributed by atoms with E-state index >= 15 is 0 Å². The van der Waals surface area contributed by atoms with Gasteiger partial charge in [-0.25, -0.2) is 0 Å². The summed E-state index contributed by atoms with van der Waals surface area (Å²) in [5.41, 5.74) is 1.68. The van der Waals surface area contributed by atoms with Gasteiger partial charge in [-0.2, -0.15) is 11.8 Å². The average Bonchev–Trinajstić information content (AvgIpc) is 2.70. The van der Waals surface area contributed by atoms with Crippen molar-refractivity contribution < 1.29 is 9.59 Å². The fourth-order valence-electron chi connectivity index (χ4n) is 3.10. The van der Waals surface area contributed by atoms with Crippen molar-refractivity contribution in [3.05, 3.63) is 62.3 Å². The zero-order chi connectivity index (χ0) is 20.1. The van der Waals surface area contributed by atoms with Crippen molar-refractivity contribution in [2.24, 2.45) is 0 Å². The van der Waals surface area contributed by atoms with Gasteiger partial charge in [-0.05, 0) is 35.4 Å². The molecule has 2 N–H and O–H groups in total. The fraction of sp³-hybridized carbons (Fsp3) is 0.368. The predicted octanol–water partition coefficient (Wildman–Crippen LogP) is 1.99. The highest BCUT2D eigenvalue weighted by molar-refractivity contribution is 7.99. The molecule has 148 valence electrons. The Labute approximate surface area is 171 Å². The van der Waals surface area contributed by atoms with E-state index in [1.807, 2.05) is 6.92 Å². The Kier molecular flexibility index (Phi) is 6.74. The van der Waals surface area contributed by atoms with Crippen molar-refractivity contribution in [1.82, 2.24) is 20.2 Å². The van der Waals surface area contributed by atoms with Crippen LogP contribution in [-0.2, 0) is 24.3 Å². The van der Waals surface area contributed by atoms with Crippen LogP contribution in [0.15, 0.2) is 29.3 Å². The maximum absolute atomic E-state index is 12.7. The zero-order valence-corrected chi connectivity index (χ0v) is 17.0. The molecule has 0 unspecified atom stereocenters. The Balaban J connectivity index is 1.76. The van der Waals surface area contributed by atoms with Gasteiger partial charge in [0.05, 0.1) is 23.0 Å². The zero-order valence-electron chi connectivity index (χ0n) is 15.5. The summed E-state index contributed by atoms with van der Waals surface area (Å²) in [7, 11) is 0. The van der Waals surface area contributed by atoms with Crippen molar-refractivity contribution in [2.45, 2.75) is 26.4 Å². The Morgan fingerprint density at radius 3 is 3.00 bits per heavy atom. The predicted molar refractivity (Wildman–Crippen MR) is 110 cm³/mol. The lowest BCUT2D eigenvalue weighted by molar-refractivity contribution is -0.129. The number of thioether (sulfide) groups is 1. The number of pyridine rings is 2. The molecule has 0 aromatic carbocycles. The van der Waals surface area contributed by atoms with Gasteiger partial charge in [0.2, 0.25) is 5.91 Å². The number of H-pyrrole nitrogens is 1. The second-order valence-corrected chi connectivity index (χ2v) is 8.00. The smallest absolute Gasteiger partial charge is 0.261 e. The summed E-state index contributed by atoms with van der Waals surface area (Å²) < 4.78 is 0. The number of nitrogens with zero attached hydrogens (tertiary/aromatic N) is 2. The third-order valence-electron chi connectivity index (χ3n) is 4.55. The summed E-state index contributed by atoms with van der Waals surface area (Å²) in [6.07, 6.45) is 3.65. The molecule has 9 heteroatoms. The topological polar surface area (TPSA) is 95.2 Å². The van der Waals surface area contributed by atoms with E-state index in [1.165, 1.54) is 0 Å². The van der Waals surface area contributed by atoms with Gasteiger partial charge >= 0.3 is 0 Å². The van der Waals surface area contributed by atoms with Crippen LogP contribution in [0.4, 0.5) is 0 Å². The van der Waals surface area contributed by atoms with E-state index in [9.17, 15) is 14.4 Å². The van der Waals surface area contributed by atoms with Crippen molar-refractivity contribution in [1.29, 1.82) is 0 Å². The molecule has 2 amide bonds. The van der Waals surface area contributed by atoms with Gasteiger partial charge in [-0.3, -0.25) is 19.4 Å². The molecule has 0 saturated carbocycles. The van der Waals surface area contributed by atoms with Crippen LogP contribution in [0.25, 0.3) is 0 Å². The molecule has 28 heavy (non-hydrogen) atoms. The second-order valence-electron chi connectivity index (χ2n) is 6.31. The molecule has 7 nitrogen and oxygen atoms in total. The van der Waals surface area contributed by atoms with Crippen LogP contribution in [0.5, 0.6) is 0 Å². The van der Waals surface area contributed by atoms with Crippen LogP contribution in [0.2, 0.25) is 5.02 Å². The SMILES string of the molecule is CCSCC(=O)N1CCc2c(c[nH]c(=O)c2C(=O)NCc2ncccc2Cl)C1. The second kappa shape index (κ2) is 9.25. The van der Waals surface area contributed by atoms with Gasteiger partial charge in [-0.1, -0.05) is 18.5 Å². The van der Waals surface area contributed by atoms with Crippen molar-refractivity contribution in [2.75, 3.05) is 18.1 Å². The lowest BCUT2D eigenvalue weighted by Gasteiger charge is -2.29. The summed E-state index contributed by atoms with van der Waals surface area (Å²) in [6, 6.07) is 3.40. The summed E-state index contributed by atoms with van der Waals surface area (Å²) in [4.78, 5) is 45.8. The third-order valence-corrected chi connectivity index (χ3v) is 5.75. The lowest BCUT2D eigenvalue weighted by atomic mass is 9.96. The summed E-state index contributed by atoms with van der Waals surface area (Å²) >= 11 is 7.64. The number of carbonyl (C=O) groups is 2. The number of fused-ring (bicyclic) bond motifs is 1. The number of carbonyl (C=O) groups excluding carboxylic acids is 2. The molecule has 2 aromatic rings. The minimum absolute atomic E-state index is 0.0690. The van der Waals surface area contributed by atoms with E-state index in [1.54, 1.807) is 41.2 Å². The Morgan fingerprint density at radius 2 is 2.25 bits per heavy atom. The molecule has 1 aliphatic rings. The van der Waals surface area contributed by atoms with E-state index in [0.717, 1.165) is 11.3 Å². The molecule has 0 atom stereocenters. The van der Waals surface area contributed by atoms with E-state index in [0.29, 0.717) is 41.5 Å². The van der Waals surface area contributed by atoms with Gasteiger partial charge in [0, 0.05) is 25.5 Å². The molecule has 0 aliphatic carbocycles. The number of aromatic amines is 1. The summed E-state index contributed by atoms with van der Waals surface area (Å²) in [5, 5.41) is 3.17. The highest BCUT2D eigenvalue weighted by atomic mass is 35.5. The Morgan fingerprint density at radius 1 is 1.43 bits per heavy atom. The fourth-order valence-corrected chi connectivity index (χ4v) is 3.85. The van der Waals surface area contributed by atoms with E-state index in [4.69, 9.17) is 11.6 Å². The van der Waals surface area contributed by atoms with Crippen LogP contribution >= 0.6 is 23.4 Å². The lowest BCUT2D eigenvalue weighted by Crippen LogP contribution is -2.40. The first-order chi connectivity index (χ1) is 13.5. The minimum Gasteiger partial charge on any atom is -0.346 e. The van der Waals surface area contributed by atoms with Gasteiger partial charge in [-0.15, -0.1) is 0 Å². The molecule has 0 radical (unpaired) electrons. The highest BCUT2D eigenvalue weighted by Gasteiger charge is 2.26. The summed E-state index contributed by atoms with van der Waals surface area (Å²) in [5.74, 6) is 0.919. The maximum Gasteiger partial charge on any atom is 0.261 e. The van der Waals surface area contributed by atoms with E-state index in [-0.39, 0.29) is 18.0 Å². The molecule has 3 rings (SSSR count). The molecule has 0 spiro atoms. The van der Waals surface area contributed by atoms with Gasteiger partial charge in [0.1, 0.15) is 5.56 Å². The number of rotatable bonds is 6. The third kappa shape index (κ3) is 4.56. The van der Waals surface area contributed by atoms with Gasteiger partial charge < -0.3 is 15.2 Å². The number of hydrogen-bond donors (Lipinski definition) is 2. The van der Waals surface area contributed by atoms with Gasteiger partial charge in [0.25, 0.3) is 11.5 Å². The number of aromatic nitrogens is 2. The molecule has 0 bridgehead atoms. The number of amides is 2. The minimum atomic E-state index is -0.471. The van der Waals surface area contributed by atoms with Crippen LogP contribution in [0.1, 0.15) is 34.1 Å². The highest BCUT2D eigenvalue weighted by Crippen LogP contribution is 2.21. The molecular weight excluding hydrogens is 400 g/mol. The van der Waals surface area contributed by atoms with E-state index in [2.05, 4.69) is 15.3 Å². The standard InChI is InChI=1S/C19H21ClN4O3S/c1-2-28-11-16(25)24-7-5-13-12(10-24)8-22-18(26)17(13)19(27)23-9-15-14(20)4-3-6-21-15/h3-4,6,8H,2,5,7,9-11H2,1H3,(H,22,26)(H,23,27). The normalized spacial score (nSPS) is 13.1. The average molecular weight is 421 g/mol. The molecule has 0 fully saturated rings. The Hall–Kier alpha value is -2.32. The van der Waals surface area contributed by atoms with Crippen LogP contribution < -0.4 is 10.9 Å². The van der Waals surface area contributed by atoms with E-state index < -0.39 is 11.5 Å². The van der Waals surface area contributed by atoms with Crippen LogP contribution in [-0.4, -0.2) is 44.7 Å². The summed E-state index contributed by atoms with van der Waals surface area (Å²) in [6.45, 7) is 3.02. The molecule has 2 aromatic heterocycles. The monoisotopic (exact) mass is 420 g/mol. The van der Waals surface area contributed by atoms with Gasteiger partial charge in [0.15, 0.2) is 0 Å². The largest absolute Gasteiger partial charge is 0.346 e. The maximum atomic E-state index is 12.7. The first-order valence-corrected chi connectivity index (χ1v) is 10.5. The quantitative estimate of drug-likeness (QED) is 0.745. The first kappa shape index (κ1) is 20.4. The number of nitrogens with one attached hydrogen (secondary N) is 2. The molecule has 1 aliphatic heterocycles. The molecule has 3 heterocycles.